The zero-order chi connectivity index (χ0) is 16.6. The standard InChI is InChI=1S/C19H15ClN4/c20-17-13-7-8-14-18(17)22-24-19(15-9-3-1-4-10-15)23-21-16-11-5-2-6-12-16/h1-14,21H. The highest BCUT2D eigenvalue weighted by atomic mass is 35.5. The SMILES string of the molecule is Clc1ccccc1N=NC(=NNc1ccccc1)c1ccccc1. The van der Waals surface area contributed by atoms with E-state index in [1.807, 2.05) is 72.8 Å². The lowest BCUT2D eigenvalue weighted by atomic mass is 10.2. The molecular formula is C19H15ClN4. The Bertz CT molecular complexity index is 846. The smallest absolute Gasteiger partial charge is 0.201 e. The maximum atomic E-state index is 6.12. The molecule has 0 aliphatic carbocycles. The van der Waals surface area contributed by atoms with Crippen molar-refractivity contribution in [2.75, 3.05) is 5.43 Å². The average molecular weight is 335 g/mol. The van der Waals surface area contributed by atoms with E-state index in [-0.39, 0.29) is 0 Å². The van der Waals surface area contributed by atoms with E-state index in [1.54, 1.807) is 12.1 Å². The Labute approximate surface area is 145 Å². The van der Waals surface area contributed by atoms with Crippen LogP contribution in [0.2, 0.25) is 5.02 Å². The molecule has 0 unspecified atom stereocenters. The van der Waals surface area contributed by atoms with Crippen LogP contribution in [0.25, 0.3) is 0 Å². The van der Waals surface area contributed by atoms with E-state index in [4.69, 9.17) is 11.6 Å². The summed E-state index contributed by atoms with van der Waals surface area (Å²) in [6.45, 7) is 0. The molecule has 0 aliphatic heterocycles. The van der Waals surface area contributed by atoms with Crippen LogP contribution in [0.3, 0.4) is 0 Å². The number of hydrogen-bond donors (Lipinski definition) is 1. The number of anilines is 1. The molecular weight excluding hydrogens is 320 g/mol. The zero-order valence-electron chi connectivity index (χ0n) is 12.8. The summed E-state index contributed by atoms with van der Waals surface area (Å²) < 4.78 is 0. The van der Waals surface area contributed by atoms with Crippen molar-refractivity contribution in [3.8, 4) is 0 Å². The van der Waals surface area contributed by atoms with E-state index >= 15 is 0 Å². The van der Waals surface area contributed by atoms with Crippen molar-refractivity contribution < 1.29 is 0 Å². The number of azo groups is 1. The summed E-state index contributed by atoms with van der Waals surface area (Å²) in [6, 6.07) is 26.6. The van der Waals surface area contributed by atoms with Gasteiger partial charge in [-0.25, -0.2) is 0 Å². The summed E-state index contributed by atoms with van der Waals surface area (Å²) in [5.41, 5.74) is 5.33. The van der Waals surface area contributed by atoms with Crippen LogP contribution in [0.4, 0.5) is 11.4 Å². The number of hydrazone groups is 1. The van der Waals surface area contributed by atoms with Crippen molar-refractivity contribution in [2.24, 2.45) is 15.3 Å². The van der Waals surface area contributed by atoms with E-state index in [0.717, 1.165) is 11.3 Å². The van der Waals surface area contributed by atoms with E-state index in [0.29, 0.717) is 16.5 Å². The number of hydrogen-bond acceptors (Lipinski definition) is 3. The van der Waals surface area contributed by atoms with Crippen LogP contribution in [-0.2, 0) is 0 Å². The molecule has 0 spiro atoms. The summed E-state index contributed by atoms with van der Waals surface area (Å²) in [5.74, 6) is 0.472. The van der Waals surface area contributed by atoms with Crippen LogP contribution >= 0.6 is 11.6 Å². The fraction of sp³-hybridized carbons (Fsp3) is 0. The van der Waals surface area contributed by atoms with Gasteiger partial charge in [0.05, 0.1) is 10.7 Å². The minimum atomic E-state index is 0.472. The minimum Gasteiger partial charge on any atom is -0.276 e. The number of para-hydroxylation sites is 1. The van der Waals surface area contributed by atoms with E-state index in [2.05, 4.69) is 20.8 Å². The van der Waals surface area contributed by atoms with Gasteiger partial charge in [0, 0.05) is 5.56 Å². The summed E-state index contributed by atoms with van der Waals surface area (Å²) in [6.07, 6.45) is 0. The minimum absolute atomic E-state index is 0.472. The van der Waals surface area contributed by atoms with Crippen LogP contribution in [0, 0.1) is 0 Å². The van der Waals surface area contributed by atoms with Crippen molar-refractivity contribution in [1.82, 2.24) is 0 Å². The Morgan fingerprint density at radius 1 is 0.750 bits per heavy atom. The van der Waals surface area contributed by atoms with Crippen LogP contribution in [0.5, 0.6) is 0 Å². The molecule has 0 atom stereocenters. The van der Waals surface area contributed by atoms with Gasteiger partial charge in [0.1, 0.15) is 5.69 Å². The summed E-state index contributed by atoms with van der Waals surface area (Å²) >= 11 is 6.12. The van der Waals surface area contributed by atoms with Crippen LogP contribution in [0.15, 0.2) is 100 Å². The molecule has 0 bridgehead atoms. The van der Waals surface area contributed by atoms with Crippen LogP contribution in [-0.4, -0.2) is 5.84 Å². The van der Waals surface area contributed by atoms with Crippen molar-refractivity contribution in [3.63, 3.8) is 0 Å². The van der Waals surface area contributed by atoms with Gasteiger partial charge in [0.2, 0.25) is 5.84 Å². The normalized spacial score (nSPS) is 11.6. The second-order valence-electron chi connectivity index (χ2n) is 4.93. The molecule has 0 saturated heterocycles. The average Bonchev–Trinajstić information content (AvgIpc) is 2.65. The number of nitrogens with zero attached hydrogens (tertiary/aromatic N) is 3. The highest BCUT2D eigenvalue weighted by Gasteiger charge is 2.03. The van der Waals surface area contributed by atoms with Crippen LogP contribution < -0.4 is 5.43 Å². The molecule has 3 rings (SSSR count). The Morgan fingerprint density at radius 3 is 2.08 bits per heavy atom. The molecule has 118 valence electrons. The van der Waals surface area contributed by atoms with Gasteiger partial charge in [0.25, 0.3) is 0 Å². The van der Waals surface area contributed by atoms with E-state index < -0.39 is 0 Å². The number of halogens is 1. The zero-order valence-corrected chi connectivity index (χ0v) is 13.6. The fourth-order valence-corrected chi connectivity index (χ4v) is 2.17. The van der Waals surface area contributed by atoms with Crippen LogP contribution in [0.1, 0.15) is 5.56 Å². The Kier molecular flexibility index (Phi) is 5.32. The van der Waals surface area contributed by atoms with Gasteiger partial charge in [-0.3, -0.25) is 5.43 Å². The molecule has 24 heavy (non-hydrogen) atoms. The lowest BCUT2D eigenvalue weighted by Gasteiger charge is -2.03. The number of rotatable bonds is 4. The van der Waals surface area contributed by atoms with Crippen molar-refractivity contribution >= 4 is 28.8 Å². The maximum absolute atomic E-state index is 6.12. The first-order valence-electron chi connectivity index (χ1n) is 7.43. The lowest BCUT2D eigenvalue weighted by molar-refractivity contribution is 1.22. The van der Waals surface area contributed by atoms with Gasteiger partial charge in [-0.1, -0.05) is 72.3 Å². The molecule has 4 nitrogen and oxygen atoms in total. The molecule has 0 aliphatic rings. The lowest BCUT2D eigenvalue weighted by Crippen LogP contribution is -2.00. The Balaban J connectivity index is 1.89. The molecule has 0 aromatic heterocycles. The second kappa shape index (κ2) is 8.04. The maximum Gasteiger partial charge on any atom is 0.201 e. The highest BCUT2D eigenvalue weighted by Crippen LogP contribution is 2.24. The first kappa shape index (κ1) is 15.9. The van der Waals surface area contributed by atoms with Crippen molar-refractivity contribution in [2.45, 2.75) is 0 Å². The summed E-state index contributed by atoms with van der Waals surface area (Å²) in [4.78, 5) is 0. The van der Waals surface area contributed by atoms with Gasteiger partial charge in [-0.2, -0.15) is 5.10 Å². The number of amidine groups is 1. The molecule has 0 fully saturated rings. The third-order valence-electron chi connectivity index (χ3n) is 3.20. The molecule has 0 radical (unpaired) electrons. The second-order valence-corrected chi connectivity index (χ2v) is 5.34. The molecule has 1 N–H and O–H groups in total. The largest absolute Gasteiger partial charge is 0.276 e. The third kappa shape index (κ3) is 4.27. The van der Waals surface area contributed by atoms with E-state index in [1.165, 1.54) is 0 Å². The molecule has 0 heterocycles. The Hall–Kier alpha value is -2.98. The summed E-state index contributed by atoms with van der Waals surface area (Å²) in [5, 5.41) is 13.4. The monoisotopic (exact) mass is 334 g/mol. The summed E-state index contributed by atoms with van der Waals surface area (Å²) in [7, 11) is 0. The quantitative estimate of drug-likeness (QED) is 0.274. The highest BCUT2D eigenvalue weighted by molar-refractivity contribution is 6.32. The number of benzene rings is 3. The fourth-order valence-electron chi connectivity index (χ4n) is 2.00. The Morgan fingerprint density at radius 2 is 1.38 bits per heavy atom. The van der Waals surface area contributed by atoms with Crippen molar-refractivity contribution in [1.29, 1.82) is 0 Å². The van der Waals surface area contributed by atoms with Gasteiger partial charge in [-0.15, -0.1) is 10.2 Å². The molecule has 0 amide bonds. The molecule has 3 aromatic rings. The van der Waals surface area contributed by atoms with E-state index in [9.17, 15) is 0 Å². The van der Waals surface area contributed by atoms with Gasteiger partial charge in [0.15, 0.2) is 0 Å². The molecule has 0 saturated carbocycles. The van der Waals surface area contributed by atoms with Gasteiger partial charge < -0.3 is 0 Å². The predicted molar refractivity (Wildman–Crippen MR) is 99.0 cm³/mol. The number of nitrogens with one attached hydrogen (secondary N) is 1. The van der Waals surface area contributed by atoms with Crippen molar-refractivity contribution in [3.05, 3.63) is 95.5 Å². The first-order valence-corrected chi connectivity index (χ1v) is 7.81. The topological polar surface area (TPSA) is 49.1 Å². The molecule has 5 heteroatoms. The third-order valence-corrected chi connectivity index (χ3v) is 3.52. The van der Waals surface area contributed by atoms with Gasteiger partial charge >= 0.3 is 0 Å². The molecule has 3 aromatic carbocycles. The first-order chi connectivity index (χ1) is 11.8. The predicted octanol–water partition coefficient (Wildman–Crippen LogP) is 5.90. The van der Waals surface area contributed by atoms with Gasteiger partial charge in [-0.05, 0) is 24.3 Å².